The molecule has 2 aliphatic rings. The Hall–Kier alpha value is -1.69. The fourth-order valence-corrected chi connectivity index (χ4v) is 2.48. The topological polar surface area (TPSA) is 41.6 Å². The summed E-state index contributed by atoms with van der Waals surface area (Å²) in [4.78, 5) is 13.9. The summed E-state index contributed by atoms with van der Waals surface area (Å²) in [7, 11) is 0. The lowest BCUT2D eigenvalue weighted by Gasteiger charge is -2.20. The first-order valence-corrected chi connectivity index (χ1v) is 6.76. The van der Waals surface area contributed by atoms with Crippen molar-refractivity contribution in [3.63, 3.8) is 0 Å². The van der Waals surface area contributed by atoms with Crippen molar-refractivity contribution in [1.82, 2.24) is 5.32 Å². The maximum atomic E-state index is 12.4. The first-order valence-electron chi connectivity index (χ1n) is 6.76. The van der Waals surface area contributed by atoms with Gasteiger partial charge in [-0.1, -0.05) is 12.1 Å². The lowest BCUT2D eigenvalue weighted by atomic mass is 10.2. The van der Waals surface area contributed by atoms with Gasteiger partial charge < -0.3 is 15.0 Å². The van der Waals surface area contributed by atoms with Crippen molar-refractivity contribution in [2.24, 2.45) is 0 Å². The number of nitrogens with one attached hydrogen (secondary N) is 1. The van der Waals surface area contributed by atoms with Gasteiger partial charge in [-0.2, -0.15) is 8.78 Å². The van der Waals surface area contributed by atoms with Gasteiger partial charge in [0, 0.05) is 12.6 Å². The highest BCUT2D eigenvalue weighted by atomic mass is 19.3. The molecule has 0 spiro atoms. The highest BCUT2D eigenvalue weighted by molar-refractivity contribution is 6.00. The van der Waals surface area contributed by atoms with E-state index in [1.807, 2.05) is 0 Å². The van der Waals surface area contributed by atoms with Crippen LogP contribution in [-0.4, -0.2) is 31.1 Å². The molecule has 1 heterocycles. The minimum Gasteiger partial charge on any atom is -0.433 e. The van der Waals surface area contributed by atoms with E-state index >= 15 is 0 Å². The van der Waals surface area contributed by atoms with Gasteiger partial charge >= 0.3 is 6.61 Å². The van der Waals surface area contributed by atoms with Crippen LogP contribution in [0.25, 0.3) is 0 Å². The summed E-state index contributed by atoms with van der Waals surface area (Å²) in [5, 5.41) is 3.28. The number of halogens is 2. The molecule has 1 atom stereocenters. The van der Waals surface area contributed by atoms with Crippen molar-refractivity contribution in [2.75, 3.05) is 11.4 Å². The summed E-state index contributed by atoms with van der Waals surface area (Å²) in [6.07, 6.45) is 2.90. The smallest absolute Gasteiger partial charge is 0.387 e. The van der Waals surface area contributed by atoms with Crippen molar-refractivity contribution >= 4 is 11.6 Å². The molecule has 1 unspecified atom stereocenters. The number of carbonyl (C=O) groups excluding carboxylic acids is 1. The first kappa shape index (κ1) is 13.3. The monoisotopic (exact) mass is 282 g/mol. The van der Waals surface area contributed by atoms with Crippen LogP contribution >= 0.6 is 0 Å². The Labute approximate surface area is 115 Å². The molecule has 1 aromatic carbocycles. The number of carbonyl (C=O) groups is 1. The second-order valence-corrected chi connectivity index (χ2v) is 5.12. The quantitative estimate of drug-likeness (QED) is 0.899. The average molecular weight is 282 g/mol. The van der Waals surface area contributed by atoms with Crippen LogP contribution in [0, 0.1) is 0 Å². The number of hydrogen-bond acceptors (Lipinski definition) is 3. The van der Waals surface area contributed by atoms with Crippen molar-refractivity contribution < 1.29 is 18.3 Å². The molecule has 20 heavy (non-hydrogen) atoms. The molecule has 1 N–H and O–H groups in total. The molecule has 6 heteroatoms. The van der Waals surface area contributed by atoms with E-state index in [-0.39, 0.29) is 17.7 Å². The number of ether oxygens (including phenoxy) is 1. The zero-order valence-corrected chi connectivity index (χ0v) is 10.9. The van der Waals surface area contributed by atoms with Crippen LogP contribution in [0.15, 0.2) is 24.3 Å². The number of alkyl halides is 2. The molecule has 0 radical (unpaired) electrons. The molecule has 1 aliphatic heterocycles. The van der Waals surface area contributed by atoms with Gasteiger partial charge in [0.1, 0.15) is 5.75 Å². The summed E-state index contributed by atoms with van der Waals surface area (Å²) in [5.41, 5.74) is 0.415. The van der Waals surface area contributed by atoms with E-state index in [0.29, 0.717) is 24.7 Å². The predicted molar refractivity (Wildman–Crippen MR) is 70.0 cm³/mol. The number of hydrogen-bond donors (Lipinski definition) is 1. The van der Waals surface area contributed by atoms with Gasteiger partial charge in [0.2, 0.25) is 5.91 Å². The first-order chi connectivity index (χ1) is 9.65. The average Bonchev–Trinajstić information content (AvgIpc) is 3.15. The molecular formula is C14H16F2N2O2. The molecule has 1 saturated heterocycles. The molecule has 0 aromatic heterocycles. The van der Waals surface area contributed by atoms with E-state index in [2.05, 4.69) is 10.1 Å². The summed E-state index contributed by atoms with van der Waals surface area (Å²) in [5.74, 6) is -0.0230. The molecule has 1 saturated carbocycles. The lowest BCUT2D eigenvalue weighted by molar-refractivity contribution is -0.119. The molecule has 1 amide bonds. The van der Waals surface area contributed by atoms with Gasteiger partial charge in [-0.15, -0.1) is 0 Å². The van der Waals surface area contributed by atoms with Crippen LogP contribution in [0.3, 0.4) is 0 Å². The van der Waals surface area contributed by atoms with Crippen molar-refractivity contribution in [3.05, 3.63) is 24.3 Å². The third-order valence-electron chi connectivity index (χ3n) is 3.59. The van der Waals surface area contributed by atoms with Crippen molar-refractivity contribution in [2.45, 2.75) is 38.0 Å². The number of rotatable bonds is 5. The van der Waals surface area contributed by atoms with Crippen LogP contribution in [0.4, 0.5) is 14.5 Å². The Bertz CT molecular complexity index is 506. The van der Waals surface area contributed by atoms with Crippen molar-refractivity contribution in [3.8, 4) is 5.75 Å². The summed E-state index contributed by atoms with van der Waals surface area (Å²) in [6, 6.07) is 6.65. The lowest BCUT2D eigenvalue weighted by Crippen LogP contribution is -2.39. The van der Waals surface area contributed by atoms with Gasteiger partial charge in [0.05, 0.1) is 11.7 Å². The largest absolute Gasteiger partial charge is 0.433 e. The number of benzene rings is 1. The fraction of sp³-hybridized carbons (Fsp3) is 0.500. The number of amides is 1. The van der Waals surface area contributed by atoms with Crippen LogP contribution < -0.4 is 15.0 Å². The molecule has 0 bridgehead atoms. The fourth-order valence-electron chi connectivity index (χ4n) is 2.48. The molecule has 2 fully saturated rings. The van der Waals surface area contributed by atoms with Crippen LogP contribution in [-0.2, 0) is 4.79 Å². The van der Waals surface area contributed by atoms with Gasteiger partial charge in [0.25, 0.3) is 0 Å². The van der Waals surface area contributed by atoms with E-state index in [9.17, 15) is 13.6 Å². The Kier molecular flexibility index (Phi) is 3.56. The van der Waals surface area contributed by atoms with Gasteiger partial charge in [-0.05, 0) is 31.4 Å². The third kappa shape index (κ3) is 2.75. The van der Waals surface area contributed by atoms with E-state index < -0.39 is 6.61 Å². The highest BCUT2D eigenvalue weighted by Gasteiger charge is 2.37. The normalized spacial score (nSPS) is 22.6. The minimum atomic E-state index is -2.89. The van der Waals surface area contributed by atoms with E-state index in [1.165, 1.54) is 11.0 Å². The maximum absolute atomic E-state index is 12.4. The summed E-state index contributed by atoms with van der Waals surface area (Å²) < 4.78 is 29.3. The number of para-hydroxylation sites is 2. The van der Waals surface area contributed by atoms with Gasteiger partial charge in [0.15, 0.2) is 0 Å². The summed E-state index contributed by atoms with van der Waals surface area (Å²) in [6.45, 7) is -2.37. The Morgan fingerprint density at radius 2 is 2.00 bits per heavy atom. The van der Waals surface area contributed by atoms with Crippen LogP contribution in [0.1, 0.15) is 19.3 Å². The van der Waals surface area contributed by atoms with Gasteiger partial charge in [-0.25, -0.2) is 0 Å². The Morgan fingerprint density at radius 1 is 1.25 bits per heavy atom. The minimum absolute atomic E-state index is 0.0444. The summed E-state index contributed by atoms with van der Waals surface area (Å²) >= 11 is 0. The zero-order chi connectivity index (χ0) is 14.1. The van der Waals surface area contributed by atoms with E-state index in [4.69, 9.17) is 0 Å². The second kappa shape index (κ2) is 5.36. The predicted octanol–water partition coefficient (Wildman–Crippen LogP) is 2.15. The standard InChI is InChI=1S/C14H16F2N2O2/c15-14(16)20-12-4-2-1-3-11(12)18-8-7-10(13(18)19)17-9-5-6-9/h1-4,9-10,14,17H,5-8H2. The van der Waals surface area contributed by atoms with E-state index in [1.54, 1.807) is 18.2 Å². The second-order valence-electron chi connectivity index (χ2n) is 5.12. The molecule has 3 rings (SSSR count). The van der Waals surface area contributed by atoms with Crippen LogP contribution in [0.5, 0.6) is 5.75 Å². The highest BCUT2D eigenvalue weighted by Crippen LogP contribution is 2.33. The molecule has 108 valence electrons. The third-order valence-corrected chi connectivity index (χ3v) is 3.59. The SMILES string of the molecule is O=C1C(NC2CC2)CCN1c1ccccc1OC(F)F. The maximum Gasteiger partial charge on any atom is 0.387 e. The van der Waals surface area contributed by atoms with Crippen molar-refractivity contribution in [1.29, 1.82) is 0 Å². The Balaban J connectivity index is 1.77. The number of anilines is 1. The molecule has 4 nitrogen and oxygen atoms in total. The van der Waals surface area contributed by atoms with E-state index in [0.717, 1.165) is 12.8 Å². The molecule has 1 aliphatic carbocycles. The van der Waals surface area contributed by atoms with Gasteiger partial charge in [-0.3, -0.25) is 4.79 Å². The molecule has 1 aromatic rings. The van der Waals surface area contributed by atoms with Crippen LogP contribution in [0.2, 0.25) is 0 Å². The zero-order valence-electron chi connectivity index (χ0n) is 10.9. The number of nitrogens with zero attached hydrogens (tertiary/aromatic N) is 1. The Morgan fingerprint density at radius 3 is 2.70 bits per heavy atom. The molecular weight excluding hydrogens is 266 g/mol.